The summed E-state index contributed by atoms with van der Waals surface area (Å²) in [4.78, 5) is 19.4. The Morgan fingerprint density at radius 3 is 2.58 bits per heavy atom. The van der Waals surface area contributed by atoms with Gasteiger partial charge in [-0.25, -0.2) is 0 Å². The number of carbonyl (C=O) groups is 1. The fourth-order valence-corrected chi connectivity index (χ4v) is 3.79. The minimum Gasteiger partial charge on any atom is -0.489 e. The van der Waals surface area contributed by atoms with Crippen molar-refractivity contribution in [3.05, 3.63) is 76.9 Å². The molecule has 1 aliphatic rings. The molecule has 0 aliphatic carbocycles. The van der Waals surface area contributed by atoms with Crippen molar-refractivity contribution in [2.24, 2.45) is 0 Å². The zero-order valence-electron chi connectivity index (χ0n) is 18.0. The van der Waals surface area contributed by atoms with Crippen molar-refractivity contribution in [1.29, 1.82) is 0 Å². The molecule has 31 heavy (non-hydrogen) atoms. The summed E-state index contributed by atoms with van der Waals surface area (Å²) < 4.78 is 11.0. The third-order valence-corrected chi connectivity index (χ3v) is 5.72. The summed E-state index contributed by atoms with van der Waals surface area (Å²) in [6.45, 7) is 6.92. The molecule has 4 rings (SSSR count). The van der Waals surface area contributed by atoms with E-state index in [1.165, 1.54) is 0 Å². The first-order valence-electron chi connectivity index (χ1n) is 10.7. The maximum Gasteiger partial charge on any atom is 0.251 e. The Bertz CT molecular complexity index is 974. The van der Waals surface area contributed by atoms with Crippen molar-refractivity contribution in [1.82, 2.24) is 20.4 Å². The summed E-state index contributed by atoms with van der Waals surface area (Å²) in [6.07, 6.45) is 3.71. The molecule has 1 aromatic carbocycles. The van der Waals surface area contributed by atoms with E-state index in [1.54, 1.807) is 12.1 Å². The van der Waals surface area contributed by atoms with E-state index in [2.05, 4.69) is 26.4 Å². The van der Waals surface area contributed by atoms with E-state index in [0.717, 1.165) is 55.2 Å². The van der Waals surface area contributed by atoms with E-state index in [9.17, 15) is 4.79 Å². The Labute approximate surface area is 182 Å². The Balaban J connectivity index is 1.23. The molecule has 162 valence electrons. The van der Waals surface area contributed by atoms with Gasteiger partial charge in [0.05, 0.1) is 17.0 Å². The first-order chi connectivity index (χ1) is 15.1. The van der Waals surface area contributed by atoms with Crippen LogP contribution in [-0.4, -0.2) is 40.1 Å². The van der Waals surface area contributed by atoms with Crippen LogP contribution >= 0.6 is 0 Å². The van der Waals surface area contributed by atoms with Crippen molar-refractivity contribution >= 4 is 5.91 Å². The van der Waals surface area contributed by atoms with Gasteiger partial charge in [-0.2, -0.15) is 0 Å². The molecule has 1 saturated heterocycles. The molecule has 0 radical (unpaired) electrons. The maximum absolute atomic E-state index is 12.6. The summed E-state index contributed by atoms with van der Waals surface area (Å²) in [5, 5.41) is 7.10. The van der Waals surface area contributed by atoms with Crippen LogP contribution in [-0.2, 0) is 13.2 Å². The number of likely N-dealkylation sites (tertiary alicyclic amines) is 1. The number of amides is 1. The highest BCUT2D eigenvalue weighted by atomic mass is 16.5. The number of pyridine rings is 1. The fraction of sp³-hybridized carbons (Fsp3) is 0.375. The predicted molar refractivity (Wildman–Crippen MR) is 117 cm³/mol. The third kappa shape index (κ3) is 5.49. The Morgan fingerprint density at radius 2 is 1.94 bits per heavy atom. The molecule has 7 heteroatoms. The zero-order chi connectivity index (χ0) is 21.6. The monoisotopic (exact) mass is 420 g/mol. The summed E-state index contributed by atoms with van der Waals surface area (Å²) in [7, 11) is 0. The highest BCUT2D eigenvalue weighted by Crippen LogP contribution is 2.19. The van der Waals surface area contributed by atoms with E-state index >= 15 is 0 Å². The van der Waals surface area contributed by atoms with Gasteiger partial charge >= 0.3 is 0 Å². The molecule has 0 spiro atoms. The number of benzene rings is 1. The Hall–Kier alpha value is -3.19. The Morgan fingerprint density at radius 1 is 1.16 bits per heavy atom. The minimum atomic E-state index is -0.0413. The van der Waals surface area contributed by atoms with Crippen molar-refractivity contribution in [2.75, 3.05) is 13.1 Å². The van der Waals surface area contributed by atoms with Crippen LogP contribution in [0.3, 0.4) is 0 Å². The second kappa shape index (κ2) is 9.75. The number of carbonyl (C=O) groups excluding carboxylic acids is 1. The lowest BCUT2D eigenvalue weighted by molar-refractivity contribution is 0.0908. The molecule has 2 aromatic heterocycles. The van der Waals surface area contributed by atoms with Gasteiger partial charge in [0.15, 0.2) is 0 Å². The predicted octanol–water partition coefficient (Wildman–Crippen LogP) is 3.66. The van der Waals surface area contributed by atoms with Gasteiger partial charge in [-0.1, -0.05) is 11.2 Å². The average molecular weight is 421 g/mol. The summed E-state index contributed by atoms with van der Waals surface area (Å²) in [6, 6.07) is 13.4. The van der Waals surface area contributed by atoms with Crippen molar-refractivity contribution in [3.63, 3.8) is 0 Å². The quantitative estimate of drug-likeness (QED) is 0.628. The van der Waals surface area contributed by atoms with Gasteiger partial charge in [0.1, 0.15) is 18.1 Å². The number of rotatable bonds is 7. The van der Waals surface area contributed by atoms with Crippen LogP contribution in [0.15, 0.2) is 53.2 Å². The van der Waals surface area contributed by atoms with Gasteiger partial charge in [-0.15, -0.1) is 0 Å². The number of aryl methyl sites for hydroxylation is 2. The first kappa shape index (κ1) is 21.1. The number of ether oxygens (including phenoxy) is 1. The van der Waals surface area contributed by atoms with Crippen molar-refractivity contribution in [3.8, 4) is 5.75 Å². The Kier molecular flexibility index (Phi) is 6.62. The number of hydrogen-bond donors (Lipinski definition) is 1. The molecule has 1 amide bonds. The van der Waals surface area contributed by atoms with Crippen molar-refractivity contribution in [2.45, 2.75) is 45.9 Å². The largest absolute Gasteiger partial charge is 0.489 e. The fourth-order valence-electron chi connectivity index (χ4n) is 3.79. The average Bonchev–Trinajstić information content (AvgIpc) is 3.12. The molecular formula is C24H28N4O3. The number of nitrogens with one attached hydrogen (secondary N) is 1. The van der Waals surface area contributed by atoms with E-state index < -0.39 is 0 Å². The van der Waals surface area contributed by atoms with Gasteiger partial charge in [-0.05, 0) is 63.1 Å². The number of piperidine rings is 1. The van der Waals surface area contributed by atoms with Crippen LogP contribution in [0.4, 0.5) is 0 Å². The van der Waals surface area contributed by atoms with E-state index in [-0.39, 0.29) is 11.9 Å². The molecule has 0 unspecified atom stereocenters. The highest BCUT2D eigenvalue weighted by Gasteiger charge is 2.21. The van der Waals surface area contributed by atoms with Crippen LogP contribution in [0.2, 0.25) is 0 Å². The molecule has 1 aliphatic heterocycles. The lowest BCUT2D eigenvalue weighted by Gasteiger charge is -2.32. The number of hydrogen-bond acceptors (Lipinski definition) is 6. The molecule has 0 bridgehead atoms. The molecule has 1 N–H and O–H groups in total. The second-order valence-electron chi connectivity index (χ2n) is 7.96. The van der Waals surface area contributed by atoms with Gasteiger partial charge in [0.2, 0.25) is 0 Å². The van der Waals surface area contributed by atoms with Crippen LogP contribution in [0, 0.1) is 13.8 Å². The number of aromatic nitrogens is 2. The van der Waals surface area contributed by atoms with Gasteiger partial charge in [-0.3, -0.25) is 14.7 Å². The molecule has 3 aromatic rings. The highest BCUT2D eigenvalue weighted by molar-refractivity contribution is 5.94. The van der Waals surface area contributed by atoms with E-state index in [4.69, 9.17) is 9.26 Å². The van der Waals surface area contributed by atoms with E-state index in [0.29, 0.717) is 17.9 Å². The minimum absolute atomic E-state index is 0.0413. The summed E-state index contributed by atoms with van der Waals surface area (Å²) in [5.41, 5.74) is 3.51. The van der Waals surface area contributed by atoms with Gasteiger partial charge in [0.25, 0.3) is 5.91 Å². The van der Waals surface area contributed by atoms with Gasteiger partial charge in [0, 0.05) is 37.4 Å². The second-order valence-corrected chi connectivity index (χ2v) is 7.96. The number of nitrogens with zero attached hydrogens (tertiary/aromatic N) is 3. The SMILES string of the molecule is Cc1noc(C)c1COc1ccc(C(=O)NC2CCN(Cc3ccccn3)CC2)cc1. The van der Waals surface area contributed by atoms with Crippen molar-refractivity contribution < 1.29 is 14.1 Å². The molecule has 1 fully saturated rings. The lowest BCUT2D eigenvalue weighted by Crippen LogP contribution is -2.44. The third-order valence-electron chi connectivity index (χ3n) is 5.72. The topological polar surface area (TPSA) is 80.5 Å². The molecule has 7 nitrogen and oxygen atoms in total. The summed E-state index contributed by atoms with van der Waals surface area (Å²) in [5.74, 6) is 1.43. The zero-order valence-corrected chi connectivity index (χ0v) is 18.0. The van der Waals surface area contributed by atoms with Crippen LogP contribution in [0.1, 0.15) is 45.9 Å². The van der Waals surface area contributed by atoms with Crippen LogP contribution < -0.4 is 10.1 Å². The first-order valence-corrected chi connectivity index (χ1v) is 10.7. The molecular weight excluding hydrogens is 392 g/mol. The van der Waals surface area contributed by atoms with E-state index in [1.807, 2.05) is 44.3 Å². The van der Waals surface area contributed by atoms with Gasteiger partial charge < -0.3 is 14.6 Å². The van der Waals surface area contributed by atoms with Crippen LogP contribution in [0.25, 0.3) is 0 Å². The molecule has 0 saturated carbocycles. The lowest BCUT2D eigenvalue weighted by atomic mass is 10.0. The molecule has 0 atom stereocenters. The normalized spacial score (nSPS) is 15.0. The maximum atomic E-state index is 12.6. The standard InChI is InChI=1S/C24H28N4O3/c1-17-23(18(2)31-27-17)16-30-22-8-6-19(7-9-22)24(29)26-20-10-13-28(14-11-20)15-21-5-3-4-12-25-21/h3-9,12,20H,10-11,13-16H2,1-2H3,(H,26,29). The summed E-state index contributed by atoms with van der Waals surface area (Å²) >= 11 is 0. The van der Waals surface area contributed by atoms with Crippen LogP contribution in [0.5, 0.6) is 5.75 Å². The molecule has 3 heterocycles. The smallest absolute Gasteiger partial charge is 0.251 e.